The second kappa shape index (κ2) is 11.7. The molecule has 0 bridgehead atoms. The number of nitrogens with two attached hydrogens (primary N) is 1. The summed E-state index contributed by atoms with van der Waals surface area (Å²) >= 11 is 0. The second-order valence-corrected chi connectivity index (χ2v) is 11.8. The first-order valence-electron chi connectivity index (χ1n) is 14.0. The van der Waals surface area contributed by atoms with Crippen LogP contribution in [0.4, 0.5) is 29.3 Å². The average Bonchev–Trinajstić information content (AvgIpc) is 3.34. The number of halogens is 3. The van der Waals surface area contributed by atoms with Crippen molar-refractivity contribution in [2.24, 2.45) is 16.3 Å². The Morgan fingerprint density at radius 1 is 1.07 bits per heavy atom. The number of ether oxygens (including phenoxy) is 2. The number of alkyl halides is 3. The van der Waals surface area contributed by atoms with Crippen molar-refractivity contribution in [2.45, 2.75) is 70.7 Å². The summed E-state index contributed by atoms with van der Waals surface area (Å²) in [5, 5.41) is 9.89. The molecule has 1 saturated carbocycles. The highest BCUT2D eigenvalue weighted by Gasteiger charge is 2.45. The SMILES string of the molecule is CC1(C)CC(=O)c2c(C(F)(F)F)nn(-c3ccc(C(N)=O)c(NC4CCC(OC(=O)Oc5ccc(N=O)cc5)CC4)c3)c2C1. The van der Waals surface area contributed by atoms with Crippen molar-refractivity contribution in [1.82, 2.24) is 9.78 Å². The van der Waals surface area contributed by atoms with Gasteiger partial charge in [0.25, 0.3) is 5.91 Å². The Balaban J connectivity index is 1.32. The van der Waals surface area contributed by atoms with Crippen LogP contribution in [0.1, 0.15) is 78.1 Å². The molecule has 0 atom stereocenters. The molecule has 0 unspecified atom stereocenters. The van der Waals surface area contributed by atoms with Gasteiger partial charge in [0.1, 0.15) is 17.5 Å². The Hall–Kier alpha value is -4.75. The zero-order valence-corrected chi connectivity index (χ0v) is 23.9. The molecule has 2 aromatic carbocycles. The highest BCUT2D eigenvalue weighted by molar-refractivity contribution is 6.00. The minimum Gasteiger partial charge on any atom is -0.431 e. The number of nitrogens with one attached hydrogen (secondary N) is 1. The number of carbonyl (C=O) groups is 3. The number of carbonyl (C=O) groups excluding carboxylic acids is 3. The van der Waals surface area contributed by atoms with Crippen molar-refractivity contribution in [3.8, 4) is 11.4 Å². The average molecular weight is 614 g/mol. The summed E-state index contributed by atoms with van der Waals surface area (Å²) in [7, 11) is 0. The lowest BCUT2D eigenvalue weighted by Gasteiger charge is -2.30. The van der Waals surface area contributed by atoms with Crippen molar-refractivity contribution in [2.75, 3.05) is 5.32 Å². The molecule has 1 aromatic heterocycles. The van der Waals surface area contributed by atoms with Crippen LogP contribution in [0.2, 0.25) is 0 Å². The smallest absolute Gasteiger partial charge is 0.431 e. The number of hydrogen-bond donors (Lipinski definition) is 2. The molecule has 3 aromatic rings. The molecule has 0 aliphatic heterocycles. The maximum atomic E-state index is 13.9. The first kappa shape index (κ1) is 30.7. The molecule has 2 aliphatic carbocycles. The Morgan fingerprint density at radius 3 is 2.36 bits per heavy atom. The van der Waals surface area contributed by atoms with E-state index in [-0.39, 0.29) is 47.3 Å². The molecular formula is C30H30F3N5O6. The van der Waals surface area contributed by atoms with Crippen LogP contribution < -0.4 is 15.8 Å². The van der Waals surface area contributed by atoms with Crippen molar-refractivity contribution in [1.29, 1.82) is 0 Å². The van der Waals surface area contributed by atoms with Crippen molar-refractivity contribution >= 4 is 29.2 Å². The fraction of sp³-hybridized carbons (Fsp3) is 0.400. The van der Waals surface area contributed by atoms with Gasteiger partial charge in [0, 0.05) is 18.2 Å². The van der Waals surface area contributed by atoms with Crippen LogP contribution >= 0.6 is 0 Å². The number of nitrogens with zero attached hydrogens (tertiary/aromatic N) is 3. The number of amides is 1. The first-order valence-corrected chi connectivity index (χ1v) is 14.0. The summed E-state index contributed by atoms with van der Waals surface area (Å²) < 4.78 is 53.5. The van der Waals surface area contributed by atoms with Crippen LogP contribution in [-0.4, -0.2) is 39.8 Å². The molecule has 1 fully saturated rings. The molecule has 232 valence electrons. The number of Topliss-reactive ketones (excluding diaryl/α,β-unsaturated/α-hetero) is 1. The maximum absolute atomic E-state index is 13.9. The van der Waals surface area contributed by atoms with Gasteiger partial charge in [0.05, 0.1) is 22.5 Å². The standard InChI is InChI=1S/C30H30F3N5O6/c1-29(2)14-23-25(24(39)15-29)26(30(31,32)33)36-38(23)18-7-12-21(27(34)40)22(13-18)35-16-3-8-19(9-4-16)43-28(41)44-20-10-5-17(37-42)6-11-20/h5-7,10-13,16,19,35H,3-4,8-9,14-15H2,1-2H3,(H2,34,40). The van der Waals surface area contributed by atoms with Gasteiger partial charge in [-0.05, 0) is 85.2 Å². The molecule has 0 spiro atoms. The van der Waals surface area contributed by atoms with E-state index in [2.05, 4.69) is 15.6 Å². The van der Waals surface area contributed by atoms with Crippen LogP contribution in [0.3, 0.4) is 0 Å². The quantitative estimate of drug-likeness (QED) is 0.174. The van der Waals surface area contributed by atoms with E-state index in [0.717, 1.165) is 4.68 Å². The van der Waals surface area contributed by atoms with Crippen molar-refractivity contribution in [3.63, 3.8) is 0 Å². The highest BCUT2D eigenvalue weighted by Crippen LogP contribution is 2.42. The van der Waals surface area contributed by atoms with Crippen LogP contribution in [0.15, 0.2) is 47.6 Å². The molecule has 0 radical (unpaired) electrons. The fourth-order valence-corrected chi connectivity index (χ4v) is 5.73. The van der Waals surface area contributed by atoms with Crippen LogP contribution in [-0.2, 0) is 17.3 Å². The van der Waals surface area contributed by atoms with Gasteiger partial charge in [-0.2, -0.15) is 18.3 Å². The minimum absolute atomic E-state index is 0.0293. The van der Waals surface area contributed by atoms with E-state index in [1.54, 1.807) is 0 Å². The number of ketones is 1. The highest BCUT2D eigenvalue weighted by atomic mass is 19.4. The fourth-order valence-electron chi connectivity index (χ4n) is 5.73. The molecule has 2 aliphatic rings. The number of hydrogen-bond acceptors (Lipinski definition) is 9. The molecule has 0 saturated heterocycles. The van der Waals surface area contributed by atoms with E-state index in [4.69, 9.17) is 15.2 Å². The van der Waals surface area contributed by atoms with Gasteiger partial charge in [0.15, 0.2) is 11.5 Å². The van der Waals surface area contributed by atoms with Crippen molar-refractivity contribution in [3.05, 3.63) is 69.9 Å². The van der Waals surface area contributed by atoms with Crippen molar-refractivity contribution < 1.29 is 37.0 Å². The van der Waals surface area contributed by atoms with E-state index in [0.29, 0.717) is 31.4 Å². The van der Waals surface area contributed by atoms with Crippen LogP contribution in [0.5, 0.6) is 5.75 Å². The largest absolute Gasteiger partial charge is 0.514 e. The van der Waals surface area contributed by atoms with Gasteiger partial charge in [-0.15, -0.1) is 4.91 Å². The zero-order chi connectivity index (χ0) is 31.8. The minimum atomic E-state index is -4.83. The lowest BCUT2D eigenvalue weighted by atomic mass is 9.75. The summed E-state index contributed by atoms with van der Waals surface area (Å²) in [6.07, 6.45) is -3.93. The Kier molecular flexibility index (Phi) is 8.19. The third kappa shape index (κ3) is 6.58. The molecule has 1 amide bonds. The number of nitroso groups, excluding NO2 is 1. The number of primary amides is 1. The third-order valence-corrected chi connectivity index (χ3v) is 7.77. The Labute approximate surface area is 249 Å². The molecule has 44 heavy (non-hydrogen) atoms. The summed E-state index contributed by atoms with van der Waals surface area (Å²) in [5.41, 5.74) is 4.44. The molecule has 1 heterocycles. The summed E-state index contributed by atoms with van der Waals surface area (Å²) in [4.78, 5) is 47.8. The van der Waals surface area contributed by atoms with Gasteiger partial charge in [-0.25, -0.2) is 9.48 Å². The van der Waals surface area contributed by atoms with Gasteiger partial charge in [0.2, 0.25) is 0 Å². The monoisotopic (exact) mass is 613 g/mol. The zero-order valence-electron chi connectivity index (χ0n) is 23.9. The molecule has 5 rings (SSSR count). The lowest BCUT2D eigenvalue weighted by molar-refractivity contribution is -0.141. The van der Waals surface area contributed by atoms with Gasteiger partial charge < -0.3 is 20.5 Å². The third-order valence-electron chi connectivity index (χ3n) is 7.77. The predicted molar refractivity (Wildman–Crippen MR) is 152 cm³/mol. The second-order valence-electron chi connectivity index (χ2n) is 11.8. The molecule has 14 heteroatoms. The molecule has 3 N–H and O–H groups in total. The predicted octanol–water partition coefficient (Wildman–Crippen LogP) is 6.48. The van der Waals surface area contributed by atoms with Gasteiger partial charge >= 0.3 is 12.3 Å². The summed E-state index contributed by atoms with van der Waals surface area (Å²) in [6.45, 7) is 3.62. The normalized spacial score (nSPS) is 19.5. The number of fused-ring (bicyclic) bond motifs is 1. The van der Waals surface area contributed by atoms with Crippen LogP contribution in [0, 0.1) is 10.3 Å². The summed E-state index contributed by atoms with van der Waals surface area (Å²) in [6, 6.07) is 9.85. The van der Waals surface area contributed by atoms with Gasteiger partial charge in [-0.1, -0.05) is 13.8 Å². The van der Waals surface area contributed by atoms with E-state index in [1.807, 2.05) is 13.8 Å². The molecule has 11 nitrogen and oxygen atoms in total. The van der Waals surface area contributed by atoms with Gasteiger partial charge in [-0.3, -0.25) is 9.59 Å². The van der Waals surface area contributed by atoms with E-state index in [9.17, 15) is 32.5 Å². The van der Waals surface area contributed by atoms with E-state index >= 15 is 0 Å². The first-order chi connectivity index (χ1) is 20.7. The number of rotatable bonds is 7. The van der Waals surface area contributed by atoms with E-state index < -0.39 is 46.8 Å². The van der Waals surface area contributed by atoms with E-state index in [1.165, 1.54) is 42.5 Å². The number of benzene rings is 2. The van der Waals surface area contributed by atoms with Crippen LogP contribution in [0.25, 0.3) is 5.69 Å². The molecular weight excluding hydrogens is 583 g/mol. The lowest BCUT2D eigenvalue weighted by Crippen LogP contribution is -2.32. The summed E-state index contributed by atoms with van der Waals surface area (Å²) in [5.74, 6) is -1.14. The maximum Gasteiger partial charge on any atom is 0.514 e. The Bertz CT molecular complexity index is 1610. The topological polar surface area (TPSA) is 155 Å². The Morgan fingerprint density at radius 2 is 1.75 bits per heavy atom. The number of anilines is 1. The number of aromatic nitrogens is 2.